The van der Waals surface area contributed by atoms with Gasteiger partial charge in [-0.1, -0.05) is 27.7 Å². The van der Waals surface area contributed by atoms with Gasteiger partial charge in [0.2, 0.25) is 0 Å². The van der Waals surface area contributed by atoms with E-state index in [0.717, 1.165) is 0 Å². The molecule has 0 aromatic carbocycles. The molecule has 0 amide bonds. The van der Waals surface area contributed by atoms with Gasteiger partial charge in [-0.25, -0.2) is 0 Å². The third kappa shape index (κ3) is 6.50. The zero-order valence-electron chi connectivity index (χ0n) is 9.09. The summed E-state index contributed by atoms with van der Waals surface area (Å²) in [5.41, 5.74) is 0. The van der Waals surface area contributed by atoms with Gasteiger partial charge >= 0.3 is 0 Å². The highest BCUT2D eigenvalue weighted by Gasteiger charge is 2.10. The molecule has 2 nitrogen and oxygen atoms in total. The summed E-state index contributed by atoms with van der Waals surface area (Å²) < 4.78 is 0. The average Bonchev–Trinajstić information content (AvgIpc) is 1.98. The van der Waals surface area contributed by atoms with Gasteiger partial charge in [-0.15, -0.1) is 0 Å². The van der Waals surface area contributed by atoms with Crippen LogP contribution in [0.4, 0.5) is 0 Å². The molecule has 0 aromatic rings. The van der Waals surface area contributed by atoms with E-state index in [1.54, 1.807) is 0 Å². The minimum Gasteiger partial charge on any atom is -0.300 e. The molecule has 0 aliphatic rings. The van der Waals surface area contributed by atoms with Crippen molar-refractivity contribution in [1.82, 2.24) is 0 Å². The second kappa shape index (κ2) is 5.90. The van der Waals surface area contributed by atoms with E-state index in [2.05, 4.69) is 0 Å². The lowest BCUT2D eigenvalue weighted by Gasteiger charge is -2.04. The molecule has 0 saturated carbocycles. The number of Topliss-reactive ketones (excluding diaryl/α,β-unsaturated/α-hetero) is 2. The van der Waals surface area contributed by atoms with Crippen LogP contribution >= 0.6 is 0 Å². The first-order chi connectivity index (χ1) is 5.93. The summed E-state index contributed by atoms with van der Waals surface area (Å²) in [6.45, 7) is 7.77. The molecule has 0 atom stereocenters. The predicted octanol–water partition coefficient (Wildman–Crippen LogP) is 2.61. The summed E-state index contributed by atoms with van der Waals surface area (Å²) in [5, 5.41) is 0. The average molecular weight is 184 g/mol. The van der Waals surface area contributed by atoms with Gasteiger partial charge in [-0.2, -0.15) is 0 Å². The number of carbonyl (C=O) groups is 2. The minimum absolute atomic E-state index is 0.0619. The van der Waals surface area contributed by atoms with Crippen LogP contribution in [0.3, 0.4) is 0 Å². The first-order valence-corrected chi connectivity index (χ1v) is 4.98. The van der Waals surface area contributed by atoms with Crippen LogP contribution in [0.25, 0.3) is 0 Å². The van der Waals surface area contributed by atoms with Crippen LogP contribution in [0.5, 0.6) is 0 Å². The van der Waals surface area contributed by atoms with Crippen molar-refractivity contribution in [3.63, 3.8) is 0 Å². The van der Waals surface area contributed by atoms with Crippen molar-refractivity contribution < 1.29 is 9.59 Å². The van der Waals surface area contributed by atoms with E-state index in [9.17, 15) is 9.59 Å². The largest absolute Gasteiger partial charge is 0.300 e. The van der Waals surface area contributed by atoms with Crippen LogP contribution in [0.2, 0.25) is 0 Å². The number of hydrogen-bond acceptors (Lipinski definition) is 2. The van der Waals surface area contributed by atoms with Gasteiger partial charge in [-0.3, -0.25) is 9.59 Å². The van der Waals surface area contributed by atoms with Gasteiger partial charge in [-0.05, 0) is 5.92 Å². The maximum atomic E-state index is 11.2. The molecule has 76 valence electrons. The van der Waals surface area contributed by atoms with Crippen LogP contribution in [0.1, 0.15) is 47.0 Å². The second-order valence-electron chi connectivity index (χ2n) is 4.26. The number of carbonyl (C=O) groups excluding carboxylic acids is 2. The lowest BCUT2D eigenvalue weighted by Crippen LogP contribution is -2.10. The van der Waals surface area contributed by atoms with Gasteiger partial charge in [0.05, 0.1) is 0 Å². The number of ketones is 2. The van der Waals surface area contributed by atoms with Gasteiger partial charge in [0.15, 0.2) is 0 Å². The van der Waals surface area contributed by atoms with Gasteiger partial charge in [0.25, 0.3) is 0 Å². The Morgan fingerprint density at radius 1 is 1.00 bits per heavy atom. The molecule has 0 rings (SSSR count). The summed E-state index contributed by atoms with van der Waals surface area (Å²) >= 11 is 0. The van der Waals surface area contributed by atoms with E-state index in [1.807, 2.05) is 27.7 Å². The fourth-order valence-electron chi connectivity index (χ4n) is 1.11. The Hall–Kier alpha value is -0.660. The molecule has 2 heteroatoms. The Morgan fingerprint density at radius 2 is 1.54 bits per heavy atom. The molecule has 0 saturated heterocycles. The molecule has 0 spiro atoms. The smallest absolute Gasteiger partial charge is 0.135 e. The van der Waals surface area contributed by atoms with E-state index in [-0.39, 0.29) is 17.5 Å². The third-order valence-electron chi connectivity index (χ3n) is 1.93. The van der Waals surface area contributed by atoms with Gasteiger partial charge < -0.3 is 0 Å². The van der Waals surface area contributed by atoms with Crippen molar-refractivity contribution in [2.24, 2.45) is 11.8 Å². The molecule has 13 heavy (non-hydrogen) atoms. The lowest BCUT2D eigenvalue weighted by molar-refractivity contribution is -0.126. The van der Waals surface area contributed by atoms with Crippen LogP contribution in [0.15, 0.2) is 0 Å². The molecule has 0 aliphatic carbocycles. The SMILES string of the molecule is CC(C)CC(=O)CCC(=O)C(C)C. The van der Waals surface area contributed by atoms with E-state index < -0.39 is 0 Å². The van der Waals surface area contributed by atoms with Gasteiger partial charge in [0.1, 0.15) is 11.6 Å². The van der Waals surface area contributed by atoms with Crippen molar-refractivity contribution in [2.75, 3.05) is 0 Å². The standard InChI is InChI=1S/C11H20O2/c1-8(2)7-10(12)5-6-11(13)9(3)4/h8-9H,5-7H2,1-4H3. The van der Waals surface area contributed by atoms with Crippen LogP contribution in [0, 0.1) is 11.8 Å². The highest BCUT2D eigenvalue weighted by Crippen LogP contribution is 2.07. The monoisotopic (exact) mass is 184 g/mol. The zero-order chi connectivity index (χ0) is 10.4. The number of rotatable bonds is 6. The molecule has 0 unspecified atom stereocenters. The minimum atomic E-state index is 0.0619. The number of hydrogen-bond donors (Lipinski definition) is 0. The predicted molar refractivity (Wildman–Crippen MR) is 53.5 cm³/mol. The van der Waals surface area contributed by atoms with Crippen molar-refractivity contribution in [2.45, 2.75) is 47.0 Å². The van der Waals surface area contributed by atoms with Crippen molar-refractivity contribution in [3.05, 3.63) is 0 Å². The van der Waals surface area contributed by atoms with Crippen LogP contribution in [-0.2, 0) is 9.59 Å². The molecule has 0 aliphatic heterocycles. The highest BCUT2D eigenvalue weighted by atomic mass is 16.1. The van der Waals surface area contributed by atoms with Crippen molar-refractivity contribution in [3.8, 4) is 0 Å². The molecule has 0 radical (unpaired) electrons. The first kappa shape index (κ1) is 12.3. The van der Waals surface area contributed by atoms with Crippen molar-refractivity contribution >= 4 is 11.6 Å². The summed E-state index contributed by atoms with van der Waals surface area (Å²) in [6, 6.07) is 0. The Bertz CT molecular complexity index is 181. The summed E-state index contributed by atoms with van der Waals surface area (Å²) in [4.78, 5) is 22.4. The quantitative estimate of drug-likeness (QED) is 0.636. The molecule has 0 aromatic heterocycles. The molecular weight excluding hydrogens is 164 g/mol. The summed E-state index contributed by atoms with van der Waals surface area (Å²) in [6.07, 6.45) is 1.45. The van der Waals surface area contributed by atoms with Crippen LogP contribution < -0.4 is 0 Å². The molecule has 0 fully saturated rings. The highest BCUT2D eigenvalue weighted by molar-refractivity contribution is 5.86. The Kier molecular flexibility index (Phi) is 5.60. The Balaban J connectivity index is 3.64. The Labute approximate surface area is 80.7 Å². The molecule has 0 N–H and O–H groups in total. The Morgan fingerprint density at radius 3 is 1.92 bits per heavy atom. The van der Waals surface area contributed by atoms with E-state index >= 15 is 0 Å². The topological polar surface area (TPSA) is 34.1 Å². The normalized spacial score (nSPS) is 10.9. The van der Waals surface area contributed by atoms with Gasteiger partial charge in [0, 0.05) is 25.2 Å². The lowest BCUT2D eigenvalue weighted by atomic mass is 9.99. The second-order valence-corrected chi connectivity index (χ2v) is 4.26. The summed E-state index contributed by atoms with van der Waals surface area (Å²) in [7, 11) is 0. The summed E-state index contributed by atoms with van der Waals surface area (Å²) in [5.74, 6) is 0.870. The maximum Gasteiger partial charge on any atom is 0.135 e. The third-order valence-corrected chi connectivity index (χ3v) is 1.93. The van der Waals surface area contributed by atoms with Crippen LogP contribution in [-0.4, -0.2) is 11.6 Å². The molecule has 0 bridgehead atoms. The van der Waals surface area contributed by atoms with E-state index in [0.29, 0.717) is 25.2 Å². The molecule has 0 heterocycles. The van der Waals surface area contributed by atoms with E-state index in [4.69, 9.17) is 0 Å². The fourth-order valence-corrected chi connectivity index (χ4v) is 1.11. The fraction of sp³-hybridized carbons (Fsp3) is 0.818. The first-order valence-electron chi connectivity index (χ1n) is 4.98. The maximum absolute atomic E-state index is 11.2. The van der Waals surface area contributed by atoms with Crippen molar-refractivity contribution in [1.29, 1.82) is 0 Å². The van der Waals surface area contributed by atoms with E-state index in [1.165, 1.54) is 0 Å². The molecular formula is C11H20O2. The zero-order valence-corrected chi connectivity index (χ0v) is 9.09.